The number of nitrogens with zero attached hydrogens (tertiary/aromatic N) is 4. The van der Waals surface area contributed by atoms with Crippen molar-refractivity contribution in [3.05, 3.63) is 5.28 Å². The molecule has 1 aliphatic rings. The number of aliphatic hydroxyl groups is 1. The van der Waals surface area contributed by atoms with Crippen LogP contribution in [0.15, 0.2) is 0 Å². The second-order valence-electron chi connectivity index (χ2n) is 5.06. The molecule has 3 N–H and O–H groups in total. The first-order valence-electron chi connectivity index (χ1n) is 6.56. The summed E-state index contributed by atoms with van der Waals surface area (Å²) >= 11 is 6.23. The van der Waals surface area contributed by atoms with Crippen LogP contribution >= 0.6 is 11.6 Å². The molecule has 21 heavy (non-hydrogen) atoms. The topological polar surface area (TPSA) is 108 Å². The summed E-state index contributed by atoms with van der Waals surface area (Å²) < 4.78 is 12.6. The number of hydrogen-bond donors (Lipinski definition) is 2. The van der Waals surface area contributed by atoms with E-state index < -0.39 is 0 Å². The highest BCUT2D eigenvalue weighted by Gasteiger charge is 2.36. The highest BCUT2D eigenvalue weighted by atomic mass is 35.5. The maximum absolute atomic E-state index is 9.26. The molecule has 0 spiro atoms. The third kappa shape index (κ3) is 2.29. The number of methoxy groups -OCH3 is 1. The number of fused-ring (bicyclic) bond motifs is 1. The van der Waals surface area contributed by atoms with Crippen molar-refractivity contribution in [2.45, 2.75) is 25.7 Å². The van der Waals surface area contributed by atoms with E-state index in [0.717, 1.165) is 6.42 Å². The molecule has 1 unspecified atom stereocenters. The Balaban J connectivity index is 2.14. The van der Waals surface area contributed by atoms with E-state index in [4.69, 9.17) is 26.8 Å². The van der Waals surface area contributed by atoms with Gasteiger partial charge in [-0.1, -0.05) is 6.92 Å². The van der Waals surface area contributed by atoms with E-state index in [1.807, 2.05) is 6.92 Å². The van der Waals surface area contributed by atoms with Gasteiger partial charge >= 0.3 is 0 Å². The number of nitrogens with two attached hydrogens (primary N) is 1. The van der Waals surface area contributed by atoms with Crippen LogP contribution in [0.3, 0.4) is 0 Å². The maximum Gasteiger partial charge on any atom is 0.247 e. The van der Waals surface area contributed by atoms with Crippen LogP contribution in [0.25, 0.3) is 11.2 Å². The molecular weight excluding hydrogens is 298 g/mol. The molecule has 8 nitrogen and oxygen atoms in total. The smallest absolute Gasteiger partial charge is 0.247 e. The maximum atomic E-state index is 9.26. The molecule has 0 bridgehead atoms. The Morgan fingerprint density at radius 3 is 2.86 bits per heavy atom. The minimum atomic E-state index is -0.362. The first-order valence-corrected chi connectivity index (χ1v) is 6.94. The van der Waals surface area contributed by atoms with Crippen LogP contribution in [0.1, 0.15) is 19.6 Å². The molecule has 0 aromatic carbocycles. The largest absolute Gasteiger partial charge is 0.479 e. The molecule has 0 aliphatic carbocycles. The SMILES string of the molecule is COc1nc(N)nc2c1nc(Cl)n2[C@@H]1O[C@H](CO)CC1C. The number of aromatic nitrogens is 4. The van der Waals surface area contributed by atoms with Crippen molar-refractivity contribution >= 4 is 28.7 Å². The summed E-state index contributed by atoms with van der Waals surface area (Å²) in [5.41, 5.74) is 6.59. The Hall–Kier alpha value is -1.64. The minimum absolute atomic E-state index is 0.0362. The average molecular weight is 314 g/mol. The lowest BCUT2D eigenvalue weighted by atomic mass is 10.1. The Labute approximate surface area is 125 Å². The third-order valence-corrected chi connectivity index (χ3v) is 3.85. The van der Waals surface area contributed by atoms with Crippen molar-refractivity contribution in [1.82, 2.24) is 19.5 Å². The summed E-state index contributed by atoms with van der Waals surface area (Å²) in [6.07, 6.45) is 0.146. The van der Waals surface area contributed by atoms with Crippen LogP contribution in [-0.4, -0.2) is 44.4 Å². The Morgan fingerprint density at radius 2 is 2.24 bits per heavy atom. The predicted molar refractivity (Wildman–Crippen MR) is 76.1 cm³/mol. The Morgan fingerprint density at radius 1 is 1.48 bits per heavy atom. The molecule has 9 heteroatoms. The quantitative estimate of drug-likeness (QED) is 0.813. The molecule has 3 heterocycles. The van der Waals surface area contributed by atoms with Crippen molar-refractivity contribution in [3.63, 3.8) is 0 Å². The van der Waals surface area contributed by atoms with Crippen molar-refractivity contribution < 1.29 is 14.6 Å². The number of imidazole rings is 1. The summed E-state index contributed by atoms with van der Waals surface area (Å²) in [6.45, 7) is 1.98. The number of hydrogen-bond acceptors (Lipinski definition) is 7. The van der Waals surface area contributed by atoms with Crippen molar-refractivity contribution in [2.75, 3.05) is 19.5 Å². The van der Waals surface area contributed by atoms with E-state index >= 15 is 0 Å². The fourth-order valence-electron chi connectivity index (χ4n) is 2.66. The van der Waals surface area contributed by atoms with Gasteiger partial charge in [-0.15, -0.1) is 0 Å². The molecule has 3 rings (SSSR count). The highest BCUT2D eigenvalue weighted by molar-refractivity contribution is 6.29. The van der Waals surface area contributed by atoms with Gasteiger partial charge in [-0.2, -0.15) is 9.97 Å². The lowest BCUT2D eigenvalue weighted by molar-refractivity contribution is -0.0292. The lowest BCUT2D eigenvalue weighted by Crippen LogP contribution is -2.16. The number of halogens is 1. The van der Waals surface area contributed by atoms with E-state index in [-0.39, 0.29) is 42.0 Å². The Bertz CT molecular complexity index is 676. The zero-order valence-corrected chi connectivity index (χ0v) is 12.4. The molecule has 0 radical (unpaired) electrons. The number of rotatable bonds is 3. The van der Waals surface area contributed by atoms with Gasteiger partial charge in [-0.3, -0.25) is 4.57 Å². The molecule has 2 aromatic rings. The minimum Gasteiger partial charge on any atom is -0.479 e. The van der Waals surface area contributed by atoms with Gasteiger partial charge in [0.25, 0.3) is 0 Å². The van der Waals surface area contributed by atoms with Gasteiger partial charge in [-0.25, -0.2) is 4.98 Å². The standard InChI is InChI=1S/C12H16ClN5O3/c1-5-3-6(4-19)21-10(5)18-8-7(15-11(18)13)9(20-2)17-12(14)16-8/h5-6,10,19H,3-4H2,1-2H3,(H2,14,16,17)/t5?,6-,10+/m0/s1. The van der Waals surface area contributed by atoms with Crippen molar-refractivity contribution in [1.29, 1.82) is 0 Å². The van der Waals surface area contributed by atoms with Crippen LogP contribution in [0.4, 0.5) is 5.95 Å². The molecule has 2 aromatic heterocycles. The summed E-state index contributed by atoms with van der Waals surface area (Å²) in [5.74, 6) is 0.489. The first-order chi connectivity index (χ1) is 10.0. The second kappa shape index (κ2) is 5.28. The highest BCUT2D eigenvalue weighted by Crippen LogP contribution is 2.38. The summed E-state index contributed by atoms with van der Waals surface area (Å²) in [4.78, 5) is 12.4. The van der Waals surface area contributed by atoms with Gasteiger partial charge in [0.2, 0.25) is 17.1 Å². The number of aliphatic hydroxyl groups excluding tert-OH is 1. The molecule has 3 atom stereocenters. The molecular formula is C12H16ClN5O3. The summed E-state index contributed by atoms with van der Waals surface area (Å²) in [6, 6.07) is 0. The fraction of sp³-hybridized carbons (Fsp3) is 0.583. The van der Waals surface area contributed by atoms with Crippen LogP contribution in [0, 0.1) is 5.92 Å². The van der Waals surface area contributed by atoms with Gasteiger partial charge < -0.3 is 20.3 Å². The van der Waals surface area contributed by atoms with Crippen LogP contribution in [0.5, 0.6) is 5.88 Å². The van der Waals surface area contributed by atoms with Gasteiger partial charge in [-0.05, 0) is 18.0 Å². The average Bonchev–Trinajstić information content (AvgIpc) is 2.97. The van der Waals surface area contributed by atoms with Crippen molar-refractivity contribution in [3.8, 4) is 5.88 Å². The summed E-state index contributed by atoms with van der Waals surface area (Å²) in [7, 11) is 1.48. The number of nitrogen functional groups attached to an aromatic ring is 1. The number of anilines is 1. The van der Waals surface area contributed by atoms with Crippen molar-refractivity contribution in [2.24, 2.45) is 5.92 Å². The van der Waals surface area contributed by atoms with Gasteiger partial charge in [0.15, 0.2) is 11.2 Å². The summed E-state index contributed by atoms with van der Waals surface area (Å²) in [5, 5.41) is 9.48. The molecule has 114 valence electrons. The van der Waals surface area contributed by atoms with Crippen LogP contribution < -0.4 is 10.5 Å². The van der Waals surface area contributed by atoms with E-state index in [0.29, 0.717) is 11.2 Å². The molecule has 0 saturated carbocycles. The molecule has 1 aliphatic heterocycles. The van der Waals surface area contributed by atoms with Gasteiger partial charge in [0, 0.05) is 5.92 Å². The van der Waals surface area contributed by atoms with Gasteiger partial charge in [0.1, 0.15) is 6.23 Å². The zero-order chi connectivity index (χ0) is 15.1. The van der Waals surface area contributed by atoms with E-state index in [2.05, 4.69) is 15.0 Å². The van der Waals surface area contributed by atoms with Gasteiger partial charge in [0.05, 0.1) is 19.8 Å². The normalized spacial score (nSPS) is 25.6. The number of ether oxygens (including phenoxy) is 2. The predicted octanol–water partition coefficient (Wildman–Crippen LogP) is 0.986. The lowest BCUT2D eigenvalue weighted by Gasteiger charge is -2.18. The second-order valence-corrected chi connectivity index (χ2v) is 5.40. The molecule has 0 amide bonds. The first kappa shape index (κ1) is 14.3. The van der Waals surface area contributed by atoms with Crippen LogP contribution in [-0.2, 0) is 4.74 Å². The third-order valence-electron chi connectivity index (χ3n) is 3.59. The monoisotopic (exact) mass is 313 g/mol. The Kier molecular flexibility index (Phi) is 3.60. The molecule has 1 saturated heterocycles. The van der Waals surface area contributed by atoms with E-state index in [9.17, 15) is 5.11 Å². The van der Waals surface area contributed by atoms with E-state index in [1.165, 1.54) is 7.11 Å². The fourth-order valence-corrected chi connectivity index (χ4v) is 2.92. The van der Waals surface area contributed by atoms with E-state index in [1.54, 1.807) is 4.57 Å². The molecule has 1 fully saturated rings. The van der Waals surface area contributed by atoms with Crippen LogP contribution in [0.2, 0.25) is 5.28 Å². The zero-order valence-electron chi connectivity index (χ0n) is 11.7.